The maximum absolute atomic E-state index is 12.3. The van der Waals surface area contributed by atoms with E-state index in [1.54, 1.807) is 0 Å². The zero-order valence-electron chi connectivity index (χ0n) is 10.3. The summed E-state index contributed by atoms with van der Waals surface area (Å²) in [7, 11) is -3.57. The van der Waals surface area contributed by atoms with Gasteiger partial charge < -0.3 is 5.32 Å². The van der Waals surface area contributed by atoms with Crippen molar-refractivity contribution in [2.45, 2.75) is 30.2 Å². The van der Waals surface area contributed by atoms with Gasteiger partial charge in [0.05, 0.1) is 4.90 Å². The molecule has 0 bridgehead atoms. The molecule has 19 heavy (non-hydrogen) atoms. The van der Waals surface area contributed by atoms with Crippen LogP contribution in [0.25, 0.3) is 0 Å². The highest BCUT2D eigenvalue weighted by molar-refractivity contribution is 7.89. The molecule has 0 spiro atoms. The Balaban J connectivity index is 2.17. The van der Waals surface area contributed by atoms with Gasteiger partial charge in [0.2, 0.25) is 10.0 Å². The Morgan fingerprint density at radius 1 is 1.11 bits per heavy atom. The SMILES string of the molecule is O=S(=O)(NC1CCCNCC1)c1cc(Cl)cc(Cl)c1. The van der Waals surface area contributed by atoms with Crippen LogP contribution in [0.4, 0.5) is 0 Å². The highest BCUT2D eigenvalue weighted by atomic mass is 35.5. The third kappa shape index (κ3) is 4.33. The van der Waals surface area contributed by atoms with Crippen LogP contribution in [0.3, 0.4) is 0 Å². The standard InChI is InChI=1S/C12H16Cl2N2O2S/c13-9-6-10(14)8-12(7-9)19(17,18)16-11-2-1-4-15-5-3-11/h6-8,11,15-16H,1-5H2. The van der Waals surface area contributed by atoms with Gasteiger partial charge in [0.25, 0.3) is 0 Å². The van der Waals surface area contributed by atoms with Crippen molar-refractivity contribution in [3.63, 3.8) is 0 Å². The smallest absolute Gasteiger partial charge is 0.240 e. The average Bonchev–Trinajstić information content (AvgIpc) is 2.55. The number of hydrogen-bond donors (Lipinski definition) is 2. The van der Waals surface area contributed by atoms with Crippen molar-refractivity contribution < 1.29 is 8.42 Å². The number of sulfonamides is 1. The molecule has 1 aliphatic rings. The third-order valence-electron chi connectivity index (χ3n) is 3.04. The van der Waals surface area contributed by atoms with Crippen molar-refractivity contribution in [3.8, 4) is 0 Å². The second-order valence-corrected chi connectivity index (χ2v) is 7.19. The van der Waals surface area contributed by atoms with Crippen LogP contribution in [0.2, 0.25) is 10.0 Å². The van der Waals surface area contributed by atoms with Gasteiger partial charge in [-0.2, -0.15) is 0 Å². The molecule has 1 aliphatic heterocycles. The fourth-order valence-corrected chi connectivity index (χ4v) is 4.14. The van der Waals surface area contributed by atoms with E-state index >= 15 is 0 Å². The highest BCUT2D eigenvalue weighted by Gasteiger charge is 2.21. The molecule has 7 heteroatoms. The van der Waals surface area contributed by atoms with E-state index in [0.29, 0.717) is 10.0 Å². The minimum Gasteiger partial charge on any atom is -0.317 e. The normalized spacial score (nSPS) is 21.1. The second kappa shape index (κ2) is 6.41. The van der Waals surface area contributed by atoms with Gasteiger partial charge in [-0.3, -0.25) is 0 Å². The van der Waals surface area contributed by atoms with E-state index in [-0.39, 0.29) is 10.9 Å². The number of rotatable bonds is 3. The number of halogens is 2. The van der Waals surface area contributed by atoms with Gasteiger partial charge in [-0.05, 0) is 50.6 Å². The van der Waals surface area contributed by atoms with E-state index in [1.165, 1.54) is 18.2 Å². The Labute approximate surface area is 123 Å². The Kier molecular flexibility index (Phi) is 5.09. The van der Waals surface area contributed by atoms with E-state index in [2.05, 4.69) is 10.0 Å². The molecule has 0 aliphatic carbocycles. The molecule has 1 heterocycles. The molecule has 0 radical (unpaired) electrons. The third-order valence-corrected chi connectivity index (χ3v) is 4.98. The molecule has 1 unspecified atom stereocenters. The molecule has 1 fully saturated rings. The van der Waals surface area contributed by atoms with Crippen molar-refractivity contribution in [1.82, 2.24) is 10.0 Å². The van der Waals surface area contributed by atoms with Gasteiger partial charge in [0, 0.05) is 16.1 Å². The molecule has 106 valence electrons. The Bertz CT molecular complexity index is 520. The van der Waals surface area contributed by atoms with Gasteiger partial charge in [-0.1, -0.05) is 23.2 Å². The molecule has 0 saturated carbocycles. The van der Waals surface area contributed by atoms with Gasteiger partial charge in [-0.25, -0.2) is 13.1 Å². The van der Waals surface area contributed by atoms with E-state index in [0.717, 1.165) is 32.4 Å². The van der Waals surface area contributed by atoms with E-state index in [9.17, 15) is 8.42 Å². The van der Waals surface area contributed by atoms with Crippen molar-refractivity contribution in [1.29, 1.82) is 0 Å². The van der Waals surface area contributed by atoms with Crippen LogP contribution < -0.4 is 10.0 Å². The van der Waals surface area contributed by atoms with Gasteiger partial charge in [0.1, 0.15) is 0 Å². The van der Waals surface area contributed by atoms with Crippen molar-refractivity contribution in [3.05, 3.63) is 28.2 Å². The van der Waals surface area contributed by atoms with Gasteiger partial charge in [0.15, 0.2) is 0 Å². The molecule has 2 N–H and O–H groups in total. The zero-order chi connectivity index (χ0) is 13.9. The summed E-state index contributed by atoms with van der Waals surface area (Å²) < 4.78 is 27.3. The molecular weight excluding hydrogens is 307 g/mol. The molecule has 0 amide bonds. The van der Waals surface area contributed by atoms with Crippen molar-refractivity contribution in [2.75, 3.05) is 13.1 Å². The Hall–Kier alpha value is -0.330. The molecule has 1 aromatic rings. The molecule has 1 aromatic carbocycles. The van der Waals surface area contributed by atoms with Crippen LogP contribution in [-0.2, 0) is 10.0 Å². The van der Waals surface area contributed by atoms with Crippen LogP contribution in [0, 0.1) is 0 Å². The van der Waals surface area contributed by atoms with Gasteiger partial charge in [-0.15, -0.1) is 0 Å². The fourth-order valence-electron chi connectivity index (χ4n) is 2.11. The topological polar surface area (TPSA) is 58.2 Å². The van der Waals surface area contributed by atoms with Gasteiger partial charge >= 0.3 is 0 Å². The van der Waals surface area contributed by atoms with Crippen molar-refractivity contribution in [2.24, 2.45) is 0 Å². The van der Waals surface area contributed by atoms with E-state index in [4.69, 9.17) is 23.2 Å². The molecule has 1 saturated heterocycles. The van der Waals surface area contributed by atoms with Crippen LogP contribution >= 0.6 is 23.2 Å². The lowest BCUT2D eigenvalue weighted by Gasteiger charge is -2.16. The zero-order valence-corrected chi connectivity index (χ0v) is 12.7. The van der Waals surface area contributed by atoms with Crippen LogP contribution in [-0.4, -0.2) is 27.5 Å². The molecule has 1 atom stereocenters. The summed E-state index contributed by atoms with van der Waals surface area (Å²) in [6.45, 7) is 1.75. The first-order chi connectivity index (χ1) is 8.97. The summed E-state index contributed by atoms with van der Waals surface area (Å²) in [5, 5.41) is 3.87. The monoisotopic (exact) mass is 322 g/mol. The van der Waals surface area contributed by atoms with Crippen LogP contribution in [0.1, 0.15) is 19.3 Å². The summed E-state index contributed by atoms with van der Waals surface area (Å²) in [5.74, 6) is 0. The summed E-state index contributed by atoms with van der Waals surface area (Å²) >= 11 is 11.7. The van der Waals surface area contributed by atoms with Crippen LogP contribution in [0.15, 0.2) is 23.1 Å². The average molecular weight is 323 g/mol. The van der Waals surface area contributed by atoms with Crippen LogP contribution in [0.5, 0.6) is 0 Å². The summed E-state index contributed by atoms with van der Waals surface area (Å²) in [6.07, 6.45) is 2.58. The molecule has 4 nitrogen and oxygen atoms in total. The first kappa shape index (κ1) is 15.1. The molecular formula is C12H16Cl2N2O2S. The predicted octanol–water partition coefficient (Wildman–Crippen LogP) is 2.41. The Morgan fingerprint density at radius 3 is 2.47 bits per heavy atom. The minimum absolute atomic E-state index is 0.0437. The lowest BCUT2D eigenvalue weighted by molar-refractivity contribution is 0.518. The minimum atomic E-state index is -3.57. The summed E-state index contributed by atoms with van der Waals surface area (Å²) in [6, 6.07) is 4.28. The summed E-state index contributed by atoms with van der Waals surface area (Å²) in [5.41, 5.74) is 0. The Morgan fingerprint density at radius 2 is 1.79 bits per heavy atom. The first-order valence-corrected chi connectivity index (χ1v) is 8.40. The maximum Gasteiger partial charge on any atom is 0.240 e. The molecule has 0 aromatic heterocycles. The lowest BCUT2D eigenvalue weighted by atomic mass is 10.1. The maximum atomic E-state index is 12.3. The predicted molar refractivity (Wildman–Crippen MR) is 77.3 cm³/mol. The van der Waals surface area contributed by atoms with E-state index in [1.807, 2.05) is 0 Å². The number of benzene rings is 1. The highest BCUT2D eigenvalue weighted by Crippen LogP contribution is 2.23. The second-order valence-electron chi connectivity index (χ2n) is 4.60. The quantitative estimate of drug-likeness (QED) is 0.898. The summed E-state index contributed by atoms with van der Waals surface area (Å²) in [4.78, 5) is 0.113. The number of hydrogen-bond acceptors (Lipinski definition) is 3. The fraction of sp³-hybridized carbons (Fsp3) is 0.500. The lowest BCUT2D eigenvalue weighted by Crippen LogP contribution is -2.35. The van der Waals surface area contributed by atoms with Crippen molar-refractivity contribution >= 4 is 33.2 Å². The molecule has 2 rings (SSSR count). The first-order valence-electron chi connectivity index (χ1n) is 6.16. The van der Waals surface area contributed by atoms with E-state index < -0.39 is 10.0 Å². The largest absolute Gasteiger partial charge is 0.317 e. The number of nitrogens with one attached hydrogen (secondary N) is 2.